The molecule has 6 aromatic heterocycles. The predicted molar refractivity (Wildman–Crippen MR) is 527 cm³/mol. The van der Waals surface area contributed by atoms with Gasteiger partial charge in [0.15, 0.2) is 17.0 Å². The zero-order valence-electron chi connectivity index (χ0n) is 83.2. The lowest BCUT2D eigenvalue weighted by atomic mass is 9.95. The molecule has 13 aliphatic rings. The van der Waals surface area contributed by atoms with E-state index >= 15 is 0 Å². The molecule has 144 heavy (non-hydrogen) atoms. The van der Waals surface area contributed by atoms with Crippen LogP contribution in [-0.4, -0.2) is 165 Å². The number of carbonyl (C=O) groups is 6. The van der Waals surface area contributed by atoms with E-state index in [-0.39, 0.29) is 93.5 Å². The fraction of sp³-hybridized carbons (Fsp3) is 0.547. The summed E-state index contributed by atoms with van der Waals surface area (Å²) >= 11 is 6.12. The van der Waals surface area contributed by atoms with Crippen LogP contribution in [0.5, 0.6) is 0 Å². The number of halogens is 8. The van der Waals surface area contributed by atoms with Gasteiger partial charge in [-0.25, -0.2) is 4.39 Å². The molecule has 38 heteroatoms. The maximum atomic E-state index is 13.7. The number of fused-ring (bicyclic) bond motifs is 12. The second kappa shape index (κ2) is 37.5. The molecule has 0 spiro atoms. The van der Waals surface area contributed by atoms with E-state index in [4.69, 9.17) is 35.4 Å². The molecule has 0 radical (unpaired) electrons. The Bertz CT molecular complexity index is 6760. The van der Waals surface area contributed by atoms with Crippen LogP contribution < -0.4 is 63.8 Å². The summed E-state index contributed by atoms with van der Waals surface area (Å²) in [6, 6.07) is 37.8. The number of piperidine rings is 6. The minimum atomic E-state index is -4.53. The van der Waals surface area contributed by atoms with Crippen molar-refractivity contribution < 1.29 is 73.1 Å². The zero-order chi connectivity index (χ0) is 102. The normalized spacial score (nSPS) is 26.5. The van der Waals surface area contributed by atoms with Crippen LogP contribution >= 0.6 is 11.6 Å². The summed E-state index contributed by atoms with van der Waals surface area (Å²) in [6.45, 7) is 38.1. The van der Waals surface area contributed by atoms with Crippen molar-refractivity contribution in [3.63, 3.8) is 0 Å². The highest BCUT2D eigenvalue weighted by Gasteiger charge is 2.63. The lowest BCUT2D eigenvalue weighted by Crippen LogP contribution is -2.43. The number of hydrogen-bond donors (Lipinski definition) is 12. The van der Waals surface area contributed by atoms with Gasteiger partial charge in [-0.2, -0.15) is 41.6 Å². The van der Waals surface area contributed by atoms with E-state index in [2.05, 4.69) is 167 Å². The van der Waals surface area contributed by atoms with Gasteiger partial charge in [0, 0.05) is 75.0 Å². The van der Waals surface area contributed by atoms with Crippen LogP contribution in [0.15, 0.2) is 141 Å². The van der Waals surface area contributed by atoms with Crippen molar-refractivity contribution in [1.82, 2.24) is 109 Å². The molecule has 25 rings (SSSR count). The first-order valence-electron chi connectivity index (χ1n) is 50.5. The van der Waals surface area contributed by atoms with Crippen LogP contribution in [0.1, 0.15) is 156 Å². The minimum absolute atomic E-state index is 0.000880. The summed E-state index contributed by atoms with van der Waals surface area (Å²) in [5.74, 6) is 6.89. The Labute approximate surface area is 833 Å². The van der Waals surface area contributed by atoms with Gasteiger partial charge in [-0.1, -0.05) is 99.9 Å². The van der Waals surface area contributed by atoms with Crippen LogP contribution in [-0.2, 0) is 81.3 Å². The van der Waals surface area contributed by atoms with Gasteiger partial charge in [-0.3, -0.25) is 42.8 Å². The minimum Gasteiger partial charge on any atom is -0.355 e. The molecule has 18 atom stereocenters. The van der Waals surface area contributed by atoms with Crippen molar-refractivity contribution in [2.75, 3.05) is 78.5 Å². The number of alkyl halides is 6. The number of nitrogens with one attached hydrogen (secondary N) is 12. The Morgan fingerprint density at radius 3 is 0.979 bits per heavy atom. The third-order valence-electron chi connectivity index (χ3n) is 32.1. The quantitative estimate of drug-likeness (QED) is 0.0280. The van der Waals surface area contributed by atoms with Gasteiger partial charge in [0.05, 0.1) is 77.3 Å². The highest BCUT2D eigenvalue weighted by Crippen LogP contribution is 2.55. The van der Waals surface area contributed by atoms with E-state index < -0.39 is 63.5 Å². The summed E-state index contributed by atoms with van der Waals surface area (Å²) in [5.41, 5.74) is 2.14. The first-order valence-corrected chi connectivity index (χ1v) is 50.8. The number of rotatable bonds is 22. The van der Waals surface area contributed by atoms with Crippen molar-refractivity contribution in [3.05, 3.63) is 178 Å². The second-order valence-corrected chi connectivity index (χ2v) is 45.7. The smallest absolute Gasteiger partial charge is 0.355 e. The van der Waals surface area contributed by atoms with Crippen LogP contribution in [0.3, 0.4) is 0 Å². The van der Waals surface area contributed by atoms with Crippen molar-refractivity contribution >= 4 is 113 Å². The van der Waals surface area contributed by atoms with Gasteiger partial charge >= 0.3 is 12.4 Å². The maximum Gasteiger partial charge on any atom is 0.420 e. The average molecular weight is 2010 g/mol. The number of amides is 6. The third-order valence-corrected chi connectivity index (χ3v) is 32.4. The molecule has 7 aliphatic carbocycles. The van der Waals surface area contributed by atoms with Crippen molar-refractivity contribution in [1.29, 1.82) is 0 Å². The summed E-state index contributed by atoms with van der Waals surface area (Å²) in [5, 5.41) is 69.6. The van der Waals surface area contributed by atoms with E-state index in [0.717, 1.165) is 135 Å². The molecule has 6 aliphatic heterocycles. The van der Waals surface area contributed by atoms with Crippen molar-refractivity contribution in [2.24, 2.45) is 112 Å². The second-order valence-electron chi connectivity index (χ2n) is 45.3. The number of benzene rings is 6. The molecular weight excluding hydrogens is 1880 g/mol. The van der Waals surface area contributed by atoms with Crippen molar-refractivity contribution in [2.45, 2.75) is 174 Å². The van der Waals surface area contributed by atoms with Gasteiger partial charge in [0.25, 0.3) is 0 Å². The van der Waals surface area contributed by atoms with Crippen LogP contribution in [0.2, 0.25) is 5.02 Å². The topological polar surface area (TPSA) is 378 Å². The third kappa shape index (κ3) is 19.6. The van der Waals surface area contributed by atoms with Gasteiger partial charge in [-0.15, -0.1) is 0 Å². The fourth-order valence-electron chi connectivity index (χ4n) is 24.0. The molecule has 6 aromatic carbocycles. The molecule has 6 unspecified atom stereocenters. The van der Waals surface area contributed by atoms with Crippen molar-refractivity contribution in [3.8, 4) is 0 Å². The van der Waals surface area contributed by atoms with Crippen LogP contribution in [0.25, 0.3) is 65.6 Å². The highest BCUT2D eigenvalue weighted by molar-refractivity contribution is 6.34. The molecule has 6 amide bonds. The Hall–Kier alpha value is -11.5. The Kier molecular flexibility index (Phi) is 26.0. The summed E-state index contributed by atoms with van der Waals surface area (Å²) < 4.78 is 112. The first kappa shape index (κ1) is 99.8. The monoisotopic (exact) mass is 2010 g/mol. The summed E-state index contributed by atoms with van der Waals surface area (Å²) in [7, 11) is 0. The molecule has 6 saturated heterocycles. The molecule has 12 aromatic rings. The Balaban J connectivity index is 0.000000106. The molecule has 30 nitrogen and oxygen atoms in total. The van der Waals surface area contributed by atoms with E-state index in [1.807, 2.05) is 56.6 Å². The Morgan fingerprint density at radius 1 is 0.354 bits per heavy atom. The molecule has 13 fully saturated rings. The number of para-hydroxylation sites is 6. The van der Waals surface area contributed by atoms with E-state index in [1.165, 1.54) is 36.6 Å². The van der Waals surface area contributed by atoms with Gasteiger partial charge in [0.1, 0.15) is 29.2 Å². The molecule has 12 N–H and O–H groups in total. The molecule has 0 bridgehead atoms. The number of nitrogens with zero attached hydrogens (tertiary/aromatic N) is 9. The standard InChI is InChI=1S/C20H26N4O.C19H26N4O.C18H21F3N4O.C17H18F3N3O2.C16H18ClN3O2.C16H18FN3O2/c1-20(2,22-19(25)17-14-9-21-10-15(14)17)18-13-5-3-4-6-16(13)24(23-18)11-12-7-8-12;1-11(2)23-15-8-6-5-7-12(15)17(22-23)19(3,4)21-18(24)16-13-9-20-10-14(13)16;1-17(2,23-16(26)14-11-7-22-8-12(11)14)15-10-5-3-4-6-13(10)25(24-15)9-18(19,20)21;1-16(2,22-15(24)12-9-6-21-7-10(9)12)14-8-4-3-5-11(17(18,19)20)13(8)25-23-14;2*1-16(2,19-15(21)12-9-6-18-7-10(9)12)14-8-4-3-5-11(17)13(8)22-20-14/h3-6,12,14-15,17,21H,7-11H2,1-2H3,(H,22,25);5-8,11,13-14,16,20H,9-10H2,1-4H3,(H,21,24);3-6,11-12,14,22H,7-9H2,1-2H3,(H,23,26);3-5,9-10,12,21H,6-7H2,1-2H3,(H,22,24);2*3-5,9-10,12,18H,6-7H2,1-2H3,(H,19,21)/t14-,15+,17?;13-,14+,16?;11-,12+,14?;3*9-,10+,12?. The number of aromatic nitrogens is 9. The summed E-state index contributed by atoms with van der Waals surface area (Å²) in [4.78, 5) is 75.6. The van der Waals surface area contributed by atoms with Crippen LogP contribution in [0.4, 0.5) is 30.7 Å². The van der Waals surface area contributed by atoms with Crippen LogP contribution in [0, 0.1) is 118 Å². The van der Waals surface area contributed by atoms with Gasteiger partial charge in [-0.05, 0) is 320 Å². The van der Waals surface area contributed by atoms with Gasteiger partial charge in [0.2, 0.25) is 41.0 Å². The van der Waals surface area contributed by atoms with Gasteiger partial charge < -0.3 is 77.4 Å². The molecule has 7 saturated carbocycles. The Morgan fingerprint density at radius 2 is 0.632 bits per heavy atom. The average Bonchev–Trinajstić information content (AvgIpc) is 1.59. The van der Waals surface area contributed by atoms with E-state index in [0.29, 0.717) is 121 Å². The number of hydrogen-bond acceptors (Lipinski definition) is 21. The largest absolute Gasteiger partial charge is 0.420 e. The lowest BCUT2D eigenvalue weighted by molar-refractivity contribution is -0.142. The maximum absolute atomic E-state index is 13.7. The first-order chi connectivity index (χ1) is 68.3. The SMILES string of the molecule is CC(C)(NC(=O)C1[C@H]2CNC[C@@H]12)c1nn(CC(F)(F)F)c2ccccc12.CC(C)(NC(=O)C1[C@H]2CNC[C@@H]12)c1nn(CC2CC2)c2ccccc12.CC(C)(NC(=O)C1[C@H]2CNC[C@@H]12)c1noc2c(C(F)(F)F)cccc12.CC(C)(NC(=O)C1[C@H]2CNC[C@@H]12)c1noc2c(Cl)cccc12.CC(C)(NC(=O)C1[C@H]2CNC[C@@H]12)c1noc2c(F)cccc12.CC(C)n1nc(C(C)(C)NC(=O)C2[C@H]3CNC[C@@H]23)c2ccccc21. The van der Waals surface area contributed by atoms with E-state index in [9.17, 15) is 59.5 Å². The molecule has 12 heterocycles. The highest BCUT2D eigenvalue weighted by atomic mass is 35.5. The number of carbonyl (C=O) groups excluding carboxylic acids is 6. The van der Waals surface area contributed by atoms with E-state index in [1.54, 1.807) is 70.2 Å². The predicted octanol–water partition coefficient (Wildman–Crippen LogP) is 13.9. The zero-order valence-corrected chi connectivity index (χ0v) is 84.0. The molecular formula is C106H127ClF7N21O9. The fourth-order valence-corrected chi connectivity index (χ4v) is 24.2. The molecule has 766 valence electrons. The lowest BCUT2D eigenvalue weighted by Gasteiger charge is -2.25. The summed E-state index contributed by atoms with van der Waals surface area (Å²) in [6.07, 6.45) is -6.27.